The van der Waals surface area contributed by atoms with Gasteiger partial charge >= 0.3 is 0 Å². The molecule has 1 aliphatic heterocycles. The molecule has 0 aromatic rings. The molecular weight excluding hydrogens is 859 g/mol. The summed E-state index contributed by atoms with van der Waals surface area (Å²) in [4.78, 5) is 13.1. The summed E-state index contributed by atoms with van der Waals surface area (Å²) in [6.45, 7) is 3.36. The zero-order chi connectivity index (χ0) is 49.7. The number of unbranched alkanes of at least 4 members (excludes halogenated alkanes) is 33. The van der Waals surface area contributed by atoms with Gasteiger partial charge in [-0.3, -0.25) is 4.79 Å². The zero-order valence-electron chi connectivity index (χ0n) is 43.9. The Kier molecular flexibility index (Phi) is 44.3. The average Bonchev–Trinajstić information content (AvgIpc) is 3.34. The van der Waals surface area contributed by atoms with Crippen LogP contribution in [-0.2, 0) is 14.3 Å². The van der Waals surface area contributed by atoms with Crippen LogP contribution in [0.5, 0.6) is 0 Å². The fourth-order valence-corrected chi connectivity index (χ4v) is 9.29. The number of carbonyl (C=O) groups excluding carboxylic acids is 1. The lowest BCUT2D eigenvalue weighted by molar-refractivity contribution is -0.303. The molecule has 68 heavy (non-hydrogen) atoms. The first kappa shape index (κ1) is 64.6. The number of hydrogen-bond acceptors (Lipinski definition) is 10. The zero-order valence-corrected chi connectivity index (χ0v) is 43.9. The van der Waals surface area contributed by atoms with Crippen LogP contribution in [0, 0.1) is 0 Å². The van der Waals surface area contributed by atoms with Crippen LogP contribution in [0.3, 0.4) is 0 Å². The Morgan fingerprint density at radius 2 is 0.897 bits per heavy atom. The Hall–Kier alpha value is -1.41. The van der Waals surface area contributed by atoms with Gasteiger partial charge in [-0.1, -0.05) is 244 Å². The van der Waals surface area contributed by atoms with Crippen LogP contribution in [0.15, 0.2) is 24.3 Å². The highest BCUT2D eigenvalue weighted by Gasteiger charge is 2.44. The van der Waals surface area contributed by atoms with Crippen molar-refractivity contribution >= 4 is 5.91 Å². The maximum Gasteiger partial charge on any atom is 0.249 e. The maximum atomic E-state index is 13.1. The Labute approximate surface area is 416 Å². The molecule has 11 nitrogen and oxygen atoms in total. The topological polar surface area (TPSA) is 189 Å². The quantitative estimate of drug-likeness (QED) is 0.0215. The number of aliphatic hydroxyl groups excluding tert-OH is 7. The summed E-state index contributed by atoms with van der Waals surface area (Å²) in [6, 6.07) is -1.19. The summed E-state index contributed by atoms with van der Waals surface area (Å²) < 4.78 is 11.1. The van der Waals surface area contributed by atoms with Crippen molar-refractivity contribution in [2.45, 2.75) is 319 Å². The number of amides is 1. The van der Waals surface area contributed by atoms with Gasteiger partial charge in [-0.05, 0) is 44.9 Å². The summed E-state index contributed by atoms with van der Waals surface area (Å²) in [5.41, 5.74) is 0. The van der Waals surface area contributed by atoms with Crippen molar-refractivity contribution in [1.82, 2.24) is 5.32 Å². The van der Waals surface area contributed by atoms with Gasteiger partial charge in [0.25, 0.3) is 0 Å². The van der Waals surface area contributed by atoms with Gasteiger partial charge in [0.15, 0.2) is 6.29 Å². The Morgan fingerprint density at radius 3 is 1.31 bits per heavy atom. The molecular formula is C57H109NO10. The number of rotatable bonds is 49. The van der Waals surface area contributed by atoms with Crippen LogP contribution in [0.4, 0.5) is 0 Å². The lowest BCUT2D eigenvalue weighted by atomic mass is 9.98. The molecule has 9 unspecified atom stereocenters. The number of carbonyl (C=O) groups is 1. The largest absolute Gasteiger partial charge is 0.394 e. The average molecular weight is 968 g/mol. The number of ether oxygens (including phenoxy) is 2. The molecule has 11 heteroatoms. The normalized spacial score (nSPS) is 20.6. The van der Waals surface area contributed by atoms with Crippen LogP contribution < -0.4 is 5.32 Å². The summed E-state index contributed by atoms with van der Waals surface area (Å²) in [6.07, 6.45) is 44.3. The van der Waals surface area contributed by atoms with Crippen LogP contribution in [0.1, 0.15) is 264 Å². The van der Waals surface area contributed by atoms with Gasteiger partial charge in [0.1, 0.15) is 36.6 Å². The molecule has 402 valence electrons. The number of aliphatic hydroxyl groups is 7. The van der Waals surface area contributed by atoms with Crippen LogP contribution in [0.25, 0.3) is 0 Å². The fraction of sp³-hybridized carbons (Fsp3) is 0.912. The highest BCUT2D eigenvalue weighted by Crippen LogP contribution is 2.23. The van der Waals surface area contributed by atoms with Gasteiger partial charge in [0.05, 0.1) is 25.4 Å². The molecule has 0 saturated carbocycles. The summed E-state index contributed by atoms with van der Waals surface area (Å²) in [7, 11) is 0. The third kappa shape index (κ3) is 34.8. The minimum Gasteiger partial charge on any atom is -0.394 e. The maximum absolute atomic E-state index is 13.1. The highest BCUT2D eigenvalue weighted by atomic mass is 16.7. The molecule has 0 aromatic carbocycles. The van der Waals surface area contributed by atoms with Gasteiger partial charge in [0, 0.05) is 0 Å². The van der Waals surface area contributed by atoms with Crippen LogP contribution in [-0.4, -0.2) is 110 Å². The van der Waals surface area contributed by atoms with E-state index in [-0.39, 0.29) is 12.8 Å². The predicted molar refractivity (Wildman–Crippen MR) is 279 cm³/mol. The van der Waals surface area contributed by atoms with E-state index < -0.39 is 74.2 Å². The first-order valence-corrected chi connectivity index (χ1v) is 28.7. The van der Waals surface area contributed by atoms with E-state index in [0.29, 0.717) is 19.3 Å². The molecule has 0 aromatic heterocycles. The molecule has 1 aliphatic rings. The highest BCUT2D eigenvalue weighted by molar-refractivity contribution is 5.80. The summed E-state index contributed by atoms with van der Waals surface area (Å²) in [5.74, 6) is -0.708. The Bertz CT molecular complexity index is 1160. The van der Waals surface area contributed by atoms with Crippen molar-refractivity contribution in [2.24, 2.45) is 0 Å². The molecule has 0 bridgehead atoms. The first-order valence-electron chi connectivity index (χ1n) is 28.7. The van der Waals surface area contributed by atoms with Gasteiger partial charge in [-0.15, -0.1) is 0 Å². The SMILES string of the molecule is CCC/C=C/CC/C=C/CCCC(O)C(O)C(COC1OC(CO)C(O)C(O)C1O)NC(=O)C(O)CCCCCCCCCCCCCCCCCCCCCCCCCCCCCCCCC. The third-order valence-electron chi connectivity index (χ3n) is 14.0. The first-order chi connectivity index (χ1) is 33.2. The summed E-state index contributed by atoms with van der Waals surface area (Å²) in [5, 5.41) is 75.7. The Balaban J connectivity index is 2.17. The second-order valence-electron chi connectivity index (χ2n) is 20.4. The van der Waals surface area contributed by atoms with E-state index in [1.54, 1.807) is 0 Å². The van der Waals surface area contributed by atoms with Gasteiger partial charge < -0.3 is 50.5 Å². The number of hydrogen-bond donors (Lipinski definition) is 8. The minimum absolute atomic E-state index is 0.247. The van der Waals surface area contributed by atoms with Gasteiger partial charge in [-0.2, -0.15) is 0 Å². The molecule has 8 N–H and O–H groups in total. The van der Waals surface area contributed by atoms with E-state index >= 15 is 0 Å². The lowest BCUT2D eigenvalue weighted by Gasteiger charge is -2.40. The standard InChI is InChI=1S/C57H109NO10/c1-3-5-7-9-11-13-15-16-17-18-19-20-21-22-23-24-25-26-27-28-29-30-31-32-33-34-35-37-39-41-43-45-50(61)56(66)58-48(47-67-57-55(65)54(64)53(63)51(46-59)68-57)52(62)49(60)44-42-40-38-36-14-12-10-8-6-4-2/h8,10,36,38,48-55,57,59-65H,3-7,9,11-35,37,39-47H2,1-2H3,(H,58,66)/b10-8+,38-36+. The number of nitrogens with one attached hydrogen (secondary N) is 1. The van der Waals surface area contributed by atoms with Crippen LogP contribution in [0.2, 0.25) is 0 Å². The summed E-state index contributed by atoms with van der Waals surface area (Å²) >= 11 is 0. The smallest absolute Gasteiger partial charge is 0.249 e. The molecule has 1 fully saturated rings. The lowest BCUT2D eigenvalue weighted by Crippen LogP contribution is -2.60. The van der Waals surface area contributed by atoms with Crippen molar-refractivity contribution in [3.05, 3.63) is 24.3 Å². The minimum atomic E-state index is -1.67. The van der Waals surface area contributed by atoms with E-state index in [2.05, 4.69) is 43.5 Å². The Morgan fingerprint density at radius 1 is 0.500 bits per heavy atom. The van der Waals surface area contributed by atoms with Crippen molar-refractivity contribution in [3.63, 3.8) is 0 Å². The second kappa shape index (κ2) is 46.6. The van der Waals surface area contributed by atoms with E-state index in [9.17, 15) is 40.5 Å². The van der Waals surface area contributed by atoms with Crippen molar-refractivity contribution in [1.29, 1.82) is 0 Å². The van der Waals surface area contributed by atoms with Crippen molar-refractivity contribution in [3.8, 4) is 0 Å². The molecule has 1 amide bonds. The van der Waals surface area contributed by atoms with Crippen molar-refractivity contribution in [2.75, 3.05) is 13.2 Å². The number of allylic oxidation sites excluding steroid dienone is 4. The molecule has 1 heterocycles. The van der Waals surface area contributed by atoms with Crippen LogP contribution >= 0.6 is 0 Å². The molecule has 9 atom stereocenters. The molecule has 0 aliphatic carbocycles. The van der Waals surface area contributed by atoms with E-state index in [0.717, 1.165) is 44.9 Å². The van der Waals surface area contributed by atoms with E-state index in [4.69, 9.17) is 9.47 Å². The molecule has 1 rings (SSSR count). The van der Waals surface area contributed by atoms with Gasteiger partial charge in [-0.25, -0.2) is 0 Å². The molecule has 0 spiro atoms. The molecule has 1 saturated heterocycles. The van der Waals surface area contributed by atoms with Gasteiger partial charge in [0.2, 0.25) is 5.91 Å². The van der Waals surface area contributed by atoms with Crippen molar-refractivity contribution < 1.29 is 50.0 Å². The van der Waals surface area contributed by atoms with E-state index in [1.165, 1.54) is 173 Å². The molecule has 0 radical (unpaired) electrons. The monoisotopic (exact) mass is 968 g/mol. The second-order valence-corrected chi connectivity index (χ2v) is 20.4. The third-order valence-corrected chi connectivity index (χ3v) is 14.0. The fourth-order valence-electron chi connectivity index (χ4n) is 9.29. The predicted octanol–water partition coefficient (Wildman–Crippen LogP) is 11.7. The van der Waals surface area contributed by atoms with E-state index in [1.807, 2.05) is 0 Å².